The summed E-state index contributed by atoms with van der Waals surface area (Å²) in [5.41, 5.74) is 2.45. The fourth-order valence-electron chi connectivity index (χ4n) is 1.18. The molecule has 16 heavy (non-hydrogen) atoms. The Hall–Kier alpha value is -0.450. The molecule has 96 valence electrons. The number of carbonyl (C=O) groups is 1. The van der Waals surface area contributed by atoms with Crippen LogP contribution in [0.5, 0.6) is 0 Å². The van der Waals surface area contributed by atoms with Crippen molar-refractivity contribution in [1.82, 2.24) is 5.48 Å². The van der Waals surface area contributed by atoms with Crippen LogP contribution in [-0.2, 0) is 14.4 Å². The Kier molecular flexibility index (Phi) is 7.55. The highest BCUT2D eigenvalue weighted by molar-refractivity contribution is 5.81. The Bertz CT molecular complexity index is 208. The van der Waals surface area contributed by atoms with Gasteiger partial charge in [0.15, 0.2) is 0 Å². The third-order valence-electron chi connectivity index (χ3n) is 2.95. The third kappa shape index (κ3) is 5.58. The fourth-order valence-corrected chi connectivity index (χ4v) is 1.18. The summed E-state index contributed by atoms with van der Waals surface area (Å²) >= 11 is 0. The lowest BCUT2D eigenvalue weighted by atomic mass is 9.85. The van der Waals surface area contributed by atoms with Crippen LogP contribution in [0.2, 0.25) is 0 Å². The topological polar surface area (TPSA) is 47.6 Å². The molecule has 0 saturated heterocycles. The van der Waals surface area contributed by atoms with Crippen molar-refractivity contribution in [3.8, 4) is 0 Å². The molecular weight excluding hydrogens is 206 g/mol. The van der Waals surface area contributed by atoms with Crippen molar-refractivity contribution < 1.29 is 14.4 Å². The molecule has 0 aliphatic rings. The normalized spacial score (nSPS) is 16.8. The summed E-state index contributed by atoms with van der Waals surface area (Å²) in [6.07, 6.45) is 0.903. The molecule has 0 aromatic heterocycles. The minimum atomic E-state index is -0.387. The molecule has 0 bridgehead atoms. The number of rotatable bonds is 9. The van der Waals surface area contributed by atoms with E-state index < -0.39 is 0 Å². The molecule has 0 aliphatic heterocycles. The summed E-state index contributed by atoms with van der Waals surface area (Å²) < 4.78 is 5.34. The maximum absolute atomic E-state index is 11.4. The van der Waals surface area contributed by atoms with Crippen LogP contribution >= 0.6 is 0 Å². The van der Waals surface area contributed by atoms with E-state index in [1.165, 1.54) is 0 Å². The lowest BCUT2D eigenvalue weighted by Gasteiger charge is -2.24. The molecule has 0 aliphatic carbocycles. The van der Waals surface area contributed by atoms with E-state index in [9.17, 15) is 4.79 Å². The van der Waals surface area contributed by atoms with Crippen LogP contribution in [0.25, 0.3) is 0 Å². The summed E-state index contributed by atoms with van der Waals surface area (Å²) in [5.74, 6) is 0.162. The number of carbonyl (C=O) groups excluding carboxylic acids is 1. The standard InChI is InChI=1S/C12H25NO3/c1-6-12(5,11(4)14)9-16-13-8-10(3)15-7-2/h10,13H,6-9H2,1-5H3. The van der Waals surface area contributed by atoms with E-state index in [1.807, 2.05) is 27.7 Å². The lowest BCUT2D eigenvalue weighted by molar-refractivity contribution is -0.132. The Labute approximate surface area is 98.6 Å². The zero-order valence-electron chi connectivity index (χ0n) is 11.1. The molecule has 0 saturated carbocycles. The van der Waals surface area contributed by atoms with Gasteiger partial charge in [-0.15, -0.1) is 0 Å². The van der Waals surface area contributed by atoms with Crippen LogP contribution in [0.3, 0.4) is 0 Å². The first-order valence-corrected chi connectivity index (χ1v) is 5.93. The van der Waals surface area contributed by atoms with Crippen molar-refractivity contribution in [2.24, 2.45) is 5.41 Å². The molecule has 0 heterocycles. The molecule has 4 nitrogen and oxygen atoms in total. The SMILES string of the molecule is CCOC(C)CNOCC(C)(CC)C(C)=O. The molecular formula is C12H25NO3. The van der Waals surface area contributed by atoms with Gasteiger partial charge in [0.25, 0.3) is 0 Å². The molecule has 0 amide bonds. The minimum absolute atomic E-state index is 0.121. The highest BCUT2D eigenvalue weighted by Gasteiger charge is 2.28. The van der Waals surface area contributed by atoms with Crippen LogP contribution in [0.1, 0.15) is 41.0 Å². The Morgan fingerprint density at radius 3 is 2.50 bits per heavy atom. The summed E-state index contributed by atoms with van der Waals surface area (Å²) in [7, 11) is 0. The second-order valence-electron chi connectivity index (χ2n) is 4.37. The van der Waals surface area contributed by atoms with Gasteiger partial charge in [0.2, 0.25) is 0 Å². The first-order valence-electron chi connectivity index (χ1n) is 5.93. The van der Waals surface area contributed by atoms with E-state index in [2.05, 4.69) is 5.48 Å². The maximum Gasteiger partial charge on any atom is 0.138 e. The molecule has 0 aromatic rings. The van der Waals surface area contributed by atoms with Gasteiger partial charge in [-0.3, -0.25) is 4.79 Å². The predicted octanol–water partition coefficient (Wildman–Crippen LogP) is 1.94. The van der Waals surface area contributed by atoms with Crippen LogP contribution < -0.4 is 5.48 Å². The van der Waals surface area contributed by atoms with Crippen LogP contribution in [0, 0.1) is 5.41 Å². The Balaban J connectivity index is 3.76. The average Bonchev–Trinajstić information content (AvgIpc) is 2.24. The average molecular weight is 231 g/mol. The van der Waals surface area contributed by atoms with Crippen molar-refractivity contribution in [2.45, 2.75) is 47.1 Å². The lowest BCUT2D eigenvalue weighted by Crippen LogP contribution is -2.35. The number of nitrogens with one attached hydrogen (secondary N) is 1. The number of hydrogen-bond acceptors (Lipinski definition) is 4. The van der Waals surface area contributed by atoms with E-state index in [4.69, 9.17) is 9.57 Å². The van der Waals surface area contributed by atoms with Crippen LogP contribution in [0.4, 0.5) is 0 Å². The minimum Gasteiger partial charge on any atom is -0.377 e. The van der Waals surface area contributed by atoms with E-state index in [-0.39, 0.29) is 17.3 Å². The number of hydrogen-bond donors (Lipinski definition) is 1. The molecule has 0 radical (unpaired) electrons. The van der Waals surface area contributed by atoms with Gasteiger partial charge in [0.05, 0.1) is 18.1 Å². The highest BCUT2D eigenvalue weighted by atomic mass is 16.6. The number of hydroxylamine groups is 1. The van der Waals surface area contributed by atoms with Gasteiger partial charge < -0.3 is 9.57 Å². The summed E-state index contributed by atoms with van der Waals surface area (Å²) in [6, 6.07) is 0. The van der Waals surface area contributed by atoms with Crippen molar-refractivity contribution in [3.05, 3.63) is 0 Å². The second-order valence-corrected chi connectivity index (χ2v) is 4.37. The van der Waals surface area contributed by atoms with E-state index in [1.54, 1.807) is 6.92 Å². The predicted molar refractivity (Wildman–Crippen MR) is 64.1 cm³/mol. The number of Topliss-reactive ketones (excluding diaryl/α,β-unsaturated/α-hetero) is 1. The van der Waals surface area contributed by atoms with Gasteiger partial charge in [0, 0.05) is 13.2 Å². The first-order chi connectivity index (χ1) is 7.46. The van der Waals surface area contributed by atoms with Gasteiger partial charge in [-0.2, -0.15) is 5.48 Å². The molecule has 1 N–H and O–H groups in total. The zero-order valence-corrected chi connectivity index (χ0v) is 11.1. The molecule has 0 rings (SSSR count). The Morgan fingerprint density at radius 1 is 1.44 bits per heavy atom. The van der Waals surface area contributed by atoms with Gasteiger partial charge in [-0.1, -0.05) is 13.8 Å². The van der Waals surface area contributed by atoms with Crippen LogP contribution in [-0.4, -0.2) is 31.6 Å². The second kappa shape index (κ2) is 7.76. The van der Waals surface area contributed by atoms with E-state index >= 15 is 0 Å². The monoisotopic (exact) mass is 231 g/mol. The fraction of sp³-hybridized carbons (Fsp3) is 0.917. The van der Waals surface area contributed by atoms with E-state index in [0.29, 0.717) is 19.8 Å². The van der Waals surface area contributed by atoms with Crippen LogP contribution in [0.15, 0.2) is 0 Å². The number of ketones is 1. The van der Waals surface area contributed by atoms with Crippen molar-refractivity contribution in [2.75, 3.05) is 19.8 Å². The third-order valence-corrected chi connectivity index (χ3v) is 2.95. The molecule has 2 unspecified atom stereocenters. The van der Waals surface area contributed by atoms with Crippen molar-refractivity contribution >= 4 is 5.78 Å². The van der Waals surface area contributed by atoms with Gasteiger partial charge in [-0.25, -0.2) is 0 Å². The first kappa shape index (κ1) is 15.6. The number of ether oxygens (including phenoxy) is 1. The van der Waals surface area contributed by atoms with Gasteiger partial charge >= 0.3 is 0 Å². The summed E-state index contributed by atoms with van der Waals surface area (Å²) in [5, 5.41) is 0. The Morgan fingerprint density at radius 2 is 2.06 bits per heavy atom. The molecule has 0 spiro atoms. The van der Waals surface area contributed by atoms with Crippen molar-refractivity contribution in [1.29, 1.82) is 0 Å². The van der Waals surface area contributed by atoms with Gasteiger partial charge in [-0.05, 0) is 27.2 Å². The maximum atomic E-state index is 11.4. The molecule has 2 atom stereocenters. The molecule has 0 fully saturated rings. The quantitative estimate of drug-likeness (QED) is 0.486. The smallest absolute Gasteiger partial charge is 0.138 e. The summed E-state index contributed by atoms with van der Waals surface area (Å²) in [6.45, 7) is 11.2. The molecule has 0 aromatic carbocycles. The highest BCUT2D eigenvalue weighted by Crippen LogP contribution is 2.21. The summed E-state index contributed by atoms with van der Waals surface area (Å²) in [4.78, 5) is 16.7. The van der Waals surface area contributed by atoms with E-state index in [0.717, 1.165) is 6.42 Å². The van der Waals surface area contributed by atoms with Crippen molar-refractivity contribution in [3.63, 3.8) is 0 Å². The van der Waals surface area contributed by atoms with Gasteiger partial charge in [0.1, 0.15) is 5.78 Å². The largest absolute Gasteiger partial charge is 0.377 e. The molecule has 4 heteroatoms. The zero-order chi connectivity index (χ0) is 12.6.